The zero-order valence-electron chi connectivity index (χ0n) is 10.0. The first kappa shape index (κ1) is 15.3. The van der Waals surface area contributed by atoms with E-state index in [9.17, 15) is 0 Å². The standard InChI is InChI=1S/C14H8Cl4N2/c15-11-5-1-9(2-6-11)13(17)19-20-14(18)10-3-7-12(16)8-4-10/h1-8H/b19-13-,20-14-. The lowest BCUT2D eigenvalue weighted by molar-refractivity contribution is 1.25. The van der Waals surface area contributed by atoms with Gasteiger partial charge < -0.3 is 0 Å². The molecule has 0 aliphatic rings. The van der Waals surface area contributed by atoms with Gasteiger partial charge in [0.2, 0.25) is 0 Å². The molecule has 0 aliphatic heterocycles. The zero-order valence-corrected chi connectivity index (χ0v) is 13.0. The number of nitrogens with zero attached hydrogens (tertiary/aromatic N) is 2. The summed E-state index contributed by atoms with van der Waals surface area (Å²) in [6.07, 6.45) is 0. The third kappa shape index (κ3) is 4.22. The summed E-state index contributed by atoms with van der Waals surface area (Å²) in [7, 11) is 0. The highest BCUT2D eigenvalue weighted by Gasteiger charge is 2.02. The van der Waals surface area contributed by atoms with E-state index in [2.05, 4.69) is 10.2 Å². The Labute approximate surface area is 136 Å². The normalized spacial score (nSPS) is 12.6. The Bertz CT molecular complexity index is 586. The largest absolute Gasteiger partial charge is 0.158 e. The molecular formula is C14H8Cl4N2. The fraction of sp³-hybridized carbons (Fsp3) is 0. The predicted molar refractivity (Wildman–Crippen MR) is 87.7 cm³/mol. The average Bonchev–Trinajstić information content (AvgIpc) is 2.46. The van der Waals surface area contributed by atoms with E-state index in [1.807, 2.05) is 0 Å². The van der Waals surface area contributed by atoms with Crippen LogP contribution in [0.2, 0.25) is 10.0 Å². The smallest absolute Gasteiger partial charge is 0.136 e. The summed E-state index contributed by atoms with van der Waals surface area (Å²) in [4.78, 5) is 0. The van der Waals surface area contributed by atoms with Crippen molar-refractivity contribution in [3.63, 3.8) is 0 Å². The van der Waals surface area contributed by atoms with Crippen molar-refractivity contribution in [2.75, 3.05) is 0 Å². The number of hydrogen-bond donors (Lipinski definition) is 0. The third-order valence-electron chi connectivity index (χ3n) is 2.39. The maximum atomic E-state index is 6.04. The minimum Gasteiger partial charge on any atom is -0.136 e. The average molecular weight is 346 g/mol. The molecule has 0 aromatic heterocycles. The first-order chi connectivity index (χ1) is 9.56. The Morgan fingerprint density at radius 1 is 0.600 bits per heavy atom. The van der Waals surface area contributed by atoms with Crippen LogP contribution in [0.15, 0.2) is 58.7 Å². The summed E-state index contributed by atoms with van der Waals surface area (Å²) >= 11 is 23.7. The molecule has 2 nitrogen and oxygen atoms in total. The van der Waals surface area contributed by atoms with Gasteiger partial charge >= 0.3 is 0 Å². The van der Waals surface area contributed by atoms with Crippen molar-refractivity contribution in [1.29, 1.82) is 0 Å². The lowest BCUT2D eigenvalue weighted by Crippen LogP contribution is -1.93. The molecule has 102 valence electrons. The third-order valence-corrected chi connectivity index (χ3v) is 3.48. The van der Waals surface area contributed by atoms with Crippen molar-refractivity contribution >= 4 is 56.7 Å². The molecule has 0 heterocycles. The minimum absolute atomic E-state index is 0.230. The first-order valence-electron chi connectivity index (χ1n) is 5.55. The quantitative estimate of drug-likeness (QED) is 0.512. The molecule has 0 unspecified atom stereocenters. The second kappa shape index (κ2) is 7.09. The molecule has 2 aromatic carbocycles. The van der Waals surface area contributed by atoms with Gasteiger partial charge in [-0.1, -0.05) is 70.7 Å². The summed E-state index contributed by atoms with van der Waals surface area (Å²) < 4.78 is 0. The van der Waals surface area contributed by atoms with Gasteiger partial charge in [-0.25, -0.2) is 0 Å². The first-order valence-corrected chi connectivity index (χ1v) is 7.06. The van der Waals surface area contributed by atoms with E-state index in [-0.39, 0.29) is 10.3 Å². The molecule has 2 aromatic rings. The van der Waals surface area contributed by atoms with E-state index < -0.39 is 0 Å². The molecule has 0 amide bonds. The lowest BCUT2D eigenvalue weighted by atomic mass is 10.2. The van der Waals surface area contributed by atoms with E-state index in [0.29, 0.717) is 21.2 Å². The van der Waals surface area contributed by atoms with Crippen LogP contribution in [0.5, 0.6) is 0 Å². The van der Waals surface area contributed by atoms with Gasteiger partial charge in [0, 0.05) is 21.2 Å². The van der Waals surface area contributed by atoms with Crippen molar-refractivity contribution in [3.8, 4) is 0 Å². The molecule has 0 aliphatic carbocycles. The molecule has 0 radical (unpaired) electrons. The van der Waals surface area contributed by atoms with E-state index in [1.165, 1.54) is 0 Å². The van der Waals surface area contributed by atoms with Crippen LogP contribution < -0.4 is 0 Å². The number of benzene rings is 2. The van der Waals surface area contributed by atoms with Gasteiger partial charge in [-0.3, -0.25) is 0 Å². The summed E-state index contributed by atoms with van der Waals surface area (Å²) in [6.45, 7) is 0. The monoisotopic (exact) mass is 344 g/mol. The van der Waals surface area contributed by atoms with Gasteiger partial charge in [0.05, 0.1) is 0 Å². The van der Waals surface area contributed by atoms with Crippen LogP contribution in [-0.2, 0) is 0 Å². The highest BCUT2D eigenvalue weighted by atomic mass is 35.5. The molecule has 20 heavy (non-hydrogen) atoms. The summed E-state index contributed by atoms with van der Waals surface area (Å²) in [5, 5.41) is 9.48. The van der Waals surface area contributed by atoms with Crippen LogP contribution in [0, 0.1) is 0 Å². The van der Waals surface area contributed by atoms with Crippen LogP contribution in [-0.4, -0.2) is 10.3 Å². The van der Waals surface area contributed by atoms with Crippen molar-refractivity contribution < 1.29 is 0 Å². The fourth-order valence-electron chi connectivity index (χ4n) is 1.38. The maximum absolute atomic E-state index is 6.04. The van der Waals surface area contributed by atoms with Crippen LogP contribution in [0.1, 0.15) is 11.1 Å². The molecule has 0 saturated heterocycles. The SMILES string of the molecule is Cl/C(=N\N=C(/Cl)c1ccc(Cl)cc1)c1ccc(Cl)cc1. The van der Waals surface area contributed by atoms with E-state index in [0.717, 1.165) is 0 Å². The second-order valence-corrected chi connectivity index (χ2v) is 5.38. The van der Waals surface area contributed by atoms with Crippen molar-refractivity contribution in [3.05, 3.63) is 69.7 Å². The maximum Gasteiger partial charge on any atom is 0.158 e. The van der Waals surface area contributed by atoms with Crippen molar-refractivity contribution in [2.24, 2.45) is 10.2 Å². The highest BCUT2D eigenvalue weighted by Crippen LogP contribution is 2.14. The highest BCUT2D eigenvalue weighted by molar-refractivity contribution is 6.71. The van der Waals surface area contributed by atoms with Gasteiger partial charge in [-0.2, -0.15) is 0 Å². The Hall–Kier alpha value is -1.06. The Kier molecular flexibility index (Phi) is 5.44. The molecule has 0 N–H and O–H groups in total. The van der Waals surface area contributed by atoms with Crippen LogP contribution in [0.4, 0.5) is 0 Å². The molecule has 6 heteroatoms. The van der Waals surface area contributed by atoms with Crippen LogP contribution in [0.25, 0.3) is 0 Å². The van der Waals surface area contributed by atoms with Crippen LogP contribution in [0.3, 0.4) is 0 Å². The summed E-state index contributed by atoms with van der Waals surface area (Å²) in [5.74, 6) is 0. The molecule has 0 atom stereocenters. The van der Waals surface area contributed by atoms with Crippen molar-refractivity contribution in [2.45, 2.75) is 0 Å². The van der Waals surface area contributed by atoms with Crippen molar-refractivity contribution in [1.82, 2.24) is 0 Å². The molecule has 0 fully saturated rings. The fourth-order valence-corrected chi connectivity index (χ4v) is 1.96. The summed E-state index contributed by atoms with van der Waals surface area (Å²) in [6, 6.07) is 13.9. The van der Waals surface area contributed by atoms with E-state index in [4.69, 9.17) is 46.4 Å². The Morgan fingerprint density at radius 3 is 1.20 bits per heavy atom. The second-order valence-electron chi connectivity index (χ2n) is 3.80. The molecule has 0 spiro atoms. The Morgan fingerprint density at radius 2 is 0.900 bits per heavy atom. The minimum atomic E-state index is 0.230. The van der Waals surface area contributed by atoms with Crippen LogP contribution >= 0.6 is 46.4 Å². The predicted octanol–water partition coefficient (Wildman–Crippen LogP) is 5.58. The number of rotatable bonds is 3. The Balaban J connectivity index is 2.19. The number of hydrogen-bond acceptors (Lipinski definition) is 2. The van der Waals surface area contributed by atoms with Gasteiger partial charge in [0.15, 0.2) is 10.3 Å². The summed E-state index contributed by atoms with van der Waals surface area (Å²) in [5.41, 5.74) is 1.42. The van der Waals surface area contributed by atoms with Gasteiger partial charge in [-0.15, -0.1) is 10.2 Å². The molecule has 2 rings (SSSR count). The zero-order chi connectivity index (χ0) is 14.5. The molecule has 0 bridgehead atoms. The lowest BCUT2D eigenvalue weighted by Gasteiger charge is -1.98. The van der Waals surface area contributed by atoms with Gasteiger partial charge in [0.25, 0.3) is 0 Å². The van der Waals surface area contributed by atoms with E-state index in [1.54, 1.807) is 48.5 Å². The van der Waals surface area contributed by atoms with Gasteiger partial charge in [0.1, 0.15) is 0 Å². The molecule has 0 saturated carbocycles. The number of halogens is 4. The van der Waals surface area contributed by atoms with E-state index >= 15 is 0 Å². The topological polar surface area (TPSA) is 24.7 Å². The molecular weight excluding hydrogens is 338 g/mol. The van der Waals surface area contributed by atoms with Gasteiger partial charge in [-0.05, 0) is 24.3 Å².